The molecule has 0 aromatic heterocycles. The van der Waals surface area contributed by atoms with Crippen LogP contribution in [0, 0.1) is 5.92 Å². The summed E-state index contributed by atoms with van der Waals surface area (Å²) in [5.41, 5.74) is 1.37. The Balaban J connectivity index is 1.68. The second-order valence-corrected chi connectivity index (χ2v) is 8.26. The van der Waals surface area contributed by atoms with Crippen molar-refractivity contribution in [3.63, 3.8) is 0 Å². The van der Waals surface area contributed by atoms with Crippen LogP contribution in [0.15, 0.2) is 35.3 Å². The van der Waals surface area contributed by atoms with Crippen LogP contribution in [0.3, 0.4) is 0 Å². The quantitative estimate of drug-likeness (QED) is 0.478. The second-order valence-electron chi connectivity index (χ2n) is 8.26. The molecule has 1 unspecified atom stereocenters. The van der Waals surface area contributed by atoms with E-state index in [-0.39, 0.29) is 0 Å². The van der Waals surface area contributed by atoms with E-state index in [9.17, 15) is 0 Å². The van der Waals surface area contributed by atoms with Crippen molar-refractivity contribution in [3.05, 3.63) is 35.9 Å². The van der Waals surface area contributed by atoms with E-state index in [0.29, 0.717) is 6.04 Å². The summed E-state index contributed by atoms with van der Waals surface area (Å²) in [4.78, 5) is 9.65. The normalized spacial score (nSPS) is 17.7. The number of hydrogen-bond donors (Lipinski definition) is 2. The molecule has 1 aliphatic heterocycles. The molecule has 0 radical (unpaired) electrons. The highest BCUT2D eigenvalue weighted by atomic mass is 15.2. The van der Waals surface area contributed by atoms with Crippen LogP contribution >= 0.6 is 0 Å². The number of likely N-dealkylation sites (tertiary alicyclic amines) is 1. The number of nitrogens with zero attached hydrogens (tertiary/aromatic N) is 3. The maximum atomic E-state index is 4.80. The molecule has 0 bridgehead atoms. The predicted molar refractivity (Wildman–Crippen MR) is 121 cm³/mol. The number of benzene rings is 1. The van der Waals surface area contributed by atoms with Gasteiger partial charge < -0.3 is 15.5 Å². The van der Waals surface area contributed by atoms with Crippen LogP contribution < -0.4 is 10.6 Å². The van der Waals surface area contributed by atoms with Gasteiger partial charge in [-0.15, -0.1) is 0 Å². The molecule has 1 aromatic carbocycles. The Hall–Kier alpha value is -1.59. The molecule has 0 saturated carbocycles. The number of rotatable bonds is 10. The lowest BCUT2D eigenvalue weighted by Crippen LogP contribution is -2.40. The summed E-state index contributed by atoms with van der Waals surface area (Å²) in [7, 11) is 4.43. The maximum absolute atomic E-state index is 4.80. The number of nitrogens with one attached hydrogen (secondary N) is 2. The fourth-order valence-corrected chi connectivity index (χ4v) is 3.70. The SMILES string of the molecule is CCNC(=NCCC1CCN(C)CC1)NCCC(C)N(C)Cc1ccccc1. The highest BCUT2D eigenvalue weighted by Crippen LogP contribution is 2.19. The van der Waals surface area contributed by atoms with Crippen molar-refractivity contribution in [2.24, 2.45) is 10.9 Å². The summed E-state index contributed by atoms with van der Waals surface area (Å²) in [6.45, 7) is 10.7. The average molecular weight is 388 g/mol. The van der Waals surface area contributed by atoms with E-state index in [4.69, 9.17) is 4.99 Å². The van der Waals surface area contributed by atoms with E-state index >= 15 is 0 Å². The van der Waals surface area contributed by atoms with Crippen LogP contribution in [0.4, 0.5) is 0 Å². The third-order valence-electron chi connectivity index (χ3n) is 5.87. The molecule has 158 valence electrons. The average Bonchev–Trinajstić information content (AvgIpc) is 2.70. The van der Waals surface area contributed by atoms with E-state index < -0.39 is 0 Å². The molecule has 0 aliphatic carbocycles. The second kappa shape index (κ2) is 12.8. The van der Waals surface area contributed by atoms with Gasteiger partial charge in [-0.05, 0) is 78.2 Å². The lowest BCUT2D eigenvalue weighted by atomic mass is 9.94. The highest BCUT2D eigenvalue weighted by Gasteiger charge is 2.16. The summed E-state index contributed by atoms with van der Waals surface area (Å²) in [5, 5.41) is 6.91. The number of hydrogen-bond acceptors (Lipinski definition) is 3. The predicted octanol–water partition coefficient (Wildman–Crippen LogP) is 3.18. The standard InChI is InChI=1S/C23H41N5/c1-5-24-23(26-16-12-21-13-17-27(3)18-14-21)25-15-11-20(2)28(4)19-22-9-7-6-8-10-22/h6-10,20-21H,5,11-19H2,1-4H3,(H2,24,25,26). The lowest BCUT2D eigenvalue weighted by molar-refractivity contribution is 0.214. The van der Waals surface area contributed by atoms with E-state index in [2.05, 4.69) is 78.7 Å². The lowest BCUT2D eigenvalue weighted by Gasteiger charge is -2.28. The largest absolute Gasteiger partial charge is 0.357 e. The van der Waals surface area contributed by atoms with Gasteiger partial charge in [0.2, 0.25) is 0 Å². The fourth-order valence-electron chi connectivity index (χ4n) is 3.70. The number of guanidine groups is 1. The molecule has 1 atom stereocenters. The van der Waals surface area contributed by atoms with Gasteiger partial charge in [0.15, 0.2) is 5.96 Å². The first-order valence-corrected chi connectivity index (χ1v) is 11.0. The Bertz CT molecular complexity index is 551. The highest BCUT2D eigenvalue weighted by molar-refractivity contribution is 5.79. The summed E-state index contributed by atoms with van der Waals surface area (Å²) < 4.78 is 0. The monoisotopic (exact) mass is 387 g/mol. The van der Waals surface area contributed by atoms with Gasteiger partial charge in [-0.2, -0.15) is 0 Å². The van der Waals surface area contributed by atoms with E-state index in [1.807, 2.05) is 0 Å². The zero-order valence-electron chi connectivity index (χ0n) is 18.5. The summed E-state index contributed by atoms with van der Waals surface area (Å²) in [5.74, 6) is 1.81. The molecular weight excluding hydrogens is 346 g/mol. The van der Waals surface area contributed by atoms with Gasteiger partial charge in [-0.1, -0.05) is 30.3 Å². The first-order chi connectivity index (χ1) is 13.6. The molecule has 0 spiro atoms. The summed E-state index contributed by atoms with van der Waals surface area (Å²) in [6.07, 6.45) is 4.95. The van der Waals surface area contributed by atoms with Crippen molar-refractivity contribution < 1.29 is 0 Å². The summed E-state index contributed by atoms with van der Waals surface area (Å²) >= 11 is 0. The third kappa shape index (κ3) is 8.61. The summed E-state index contributed by atoms with van der Waals surface area (Å²) in [6, 6.07) is 11.2. The number of piperidine rings is 1. The number of aliphatic imine (C=N–C) groups is 1. The molecule has 1 saturated heterocycles. The molecule has 1 fully saturated rings. The molecule has 0 amide bonds. The Labute approximate surface area is 172 Å². The molecule has 5 heteroatoms. The van der Waals surface area contributed by atoms with Crippen LogP contribution in [0.5, 0.6) is 0 Å². The van der Waals surface area contributed by atoms with Crippen LogP contribution in [-0.2, 0) is 6.54 Å². The van der Waals surface area contributed by atoms with Crippen molar-refractivity contribution in [1.29, 1.82) is 0 Å². The van der Waals surface area contributed by atoms with Crippen LogP contribution in [0.1, 0.15) is 45.1 Å². The van der Waals surface area contributed by atoms with Crippen molar-refractivity contribution in [3.8, 4) is 0 Å². The Morgan fingerprint density at radius 3 is 2.61 bits per heavy atom. The van der Waals surface area contributed by atoms with E-state index in [0.717, 1.165) is 44.5 Å². The first kappa shape index (κ1) is 22.7. The zero-order valence-corrected chi connectivity index (χ0v) is 18.5. The molecule has 1 heterocycles. The van der Waals surface area contributed by atoms with Gasteiger partial charge in [-0.25, -0.2) is 0 Å². The topological polar surface area (TPSA) is 42.9 Å². The maximum Gasteiger partial charge on any atom is 0.191 e. The first-order valence-electron chi connectivity index (χ1n) is 11.0. The van der Waals surface area contributed by atoms with Gasteiger partial charge in [0.25, 0.3) is 0 Å². The molecular formula is C23H41N5. The van der Waals surface area contributed by atoms with Crippen molar-refractivity contribution in [2.75, 3.05) is 46.8 Å². The zero-order chi connectivity index (χ0) is 20.2. The fraction of sp³-hybridized carbons (Fsp3) is 0.696. The molecule has 5 nitrogen and oxygen atoms in total. The Morgan fingerprint density at radius 1 is 1.21 bits per heavy atom. The van der Waals surface area contributed by atoms with Crippen molar-refractivity contribution in [2.45, 2.75) is 52.1 Å². The van der Waals surface area contributed by atoms with Crippen molar-refractivity contribution in [1.82, 2.24) is 20.4 Å². The molecule has 2 rings (SSSR count). The van der Waals surface area contributed by atoms with Gasteiger partial charge in [0.1, 0.15) is 0 Å². The molecule has 1 aliphatic rings. The molecule has 2 N–H and O–H groups in total. The van der Waals surface area contributed by atoms with Crippen LogP contribution in [-0.4, -0.2) is 68.6 Å². The Morgan fingerprint density at radius 2 is 1.93 bits per heavy atom. The van der Waals surface area contributed by atoms with E-state index in [1.54, 1.807) is 0 Å². The van der Waals surface area contributed by atoms with Crippen LogP contribution in [0.2, 0.25) is 0 Å². The molecule has 1 aromatic rings. The van der Waals surface area contributed by atoms with Crippen molar-refractivity contribution >= 4 is 5.96 Å². The van der Waals surface area contributed by atoms with Gasteiger partial charge in [0.05, 0.1) is 0 Å². The molecule has 28 heavy (non-hydrogen) atoms. The van der Waals surface area contributed by atoms with Crippen LogP contribution in [0.25, 0.3) is 0 Å². The minimum Gasteiger partial charge on any atom is -0.357 e. The van der Waals surface area contributed by atoms with Gasteiger partial charge in [0, 0.05) is 32.2 Å². The smallest absolute Gasteiger partial charge is 0.191 e. The third-order valence-corrected chi connectivity index (χ3v) is 5.87. The minimum atomic E-state index is 0.523. The van der Waals surface area contributed by atoms with E-state index in [1.165, 1.54) is 37.9 Å². The van der Waals surface area contributed by atoms with Gasteiger partial charge in [-0.3, -0.25) is 9.89 Å². The van der Waals surface area contributed by atoms with Gasteiger partial charge >= 0.3 is 0 Å². The minimum absolute atomic E-state index is 0.523. The Kier molecular flexibility index (Phi) is 10.4.